The van der Waals surface area contributed by atoms with Crippen LogP contribution in [0.5, 0.6) is 0 Å². The number of rotatable bonds is 16. The Morgan fingerprint density at radius 2 is 1.42 bits per heavy atom. The number of amides is 5. The SMILES string of the molecule is NC(=O)CCC(NC(=O)C(CC(N)=O)NC(=O)C(N)CCCN=C(N)N)C(=O)NCC(=O)O. The Balaban J connectivity index is 5.22. The zero-order valence-corrected chi connectivity index (χ0v) is 17.9. The van der Waals surface area contributed by atoms with Gasteiger partial charge in [0.15, 0.2) is 5.96 Å². The third-order valence-electron chi connectivity index (χ3n) is 4.07. The normalized spacial score (nSPS) is 13.0. The number of nitrogens with two attached hydrogens (primary N) is 5. The molecule has 14 N–H and O–H groups in total. The highest BCUT2D eigenvalue weighted by molar-refractivity contribution is 5.96. The number of guanidine groups is 1. The van der Waals surface area contributed by atoms with Crippen molar-refractivity contribution in [1.82, 2.24) is 16.0 Å². The highest BCUT2D eigenvalue weighted by Crippen LogP contribution is 2.02. The van der Waals surface area contributed by atoms with Gasteiger partial charge in [0.1, 0.15) is 18.6 Å². The van der Waals surface area contributed by atoms with Crippen LogP contribution in [0.2, 0.25) is 0 Å². The van der Waals surface area contributed by atoms with Crippen LogP contribution in [-0.4, -0.2) is 77.8 Å². The van der Waals surface area contributed by atoms with Crippen molar-refractivity contribution in [2.75, 3.05) is 13.1 Å². The van der Waals surface area contributed by atoms with E-state index in [-0.39, 0.29) is 31.8 Å². The molecule has 0 aromatic rings. The van der Waals surface area contributed by atoms with Gasteiger partial charge >= 0.3 is 5.97 Å². The van der Waals surface area contributed by atoms with Crippen LogP contribution in [0, 0.1) is 0 Å². The maximum absolute atomic E-state index is 12.6. The number of primary amides is 2. The van der Waals surface area contributed by atoms with Gasteiger partial charge in [-0.25, -0.2) is 0 Å². The van der Waals surface area contributed by atoms with Gasteiger partial charge in [0.05, 0.1) is 12.5 Å². The molecule has 3 atom stereocenters. The third kappa shape index (κ3) is 13.9. The highest BCUT2D eigenvalue weighted by atomic mass is 16.4. The number of carboxylic acids is 1. The van der Waals surface area contributed by atoms with E-state index in [4.69, 9.17) is 33.8 Å². The van der Waals surface area contributed by atoms with Gasteiger partial charge in [-0.2, -0.15) is 0 Å². The van der Waals surface area contributed by atoms with Gasteiger partial charge < -0.3 is 49.7 Å². The van der Waals surface area contributed by atoms with Gasteiger partial charge in [0.2, 0.25) is 29.5 Å². The number of nitrogens with one attached hydrogen (secondary N) is 3. The lowest BCUT2D eigenvalue weighted by Gasteiger charge is -2.23. The summed E-state index contributed by atoms with van der Waals surface area (Å²) in [7, 11) is 0. The number of hydrogen-bond acceptors (Lipinski definition) is 8. The molecular formula is C17H31N9O7. The molecule has 0 spiro atoms. The van der Waals surface area contributed by atoms with Crippen molar-refractivity contribution in [3.63, 3.8) is 0 Å². The number of carbonyl (C=O) groups excluding carboxylic acids is 5. The minimum absolute atomic E-state index is 0.121. The Bertz CT molecular complexity index is 768. The van der Waals surface area contributed by atoms with Crippen molar-refractivity contribution >= 4 is 41.5 Å². The van der Waals surface area contributed by atoms with Crippen LogP contribution in [0.4, 0.5) is 0 Å². The molecule has 186 valence electrons. The summed E-state index contributed by atoms with van der Waals surface area (Å²) in [6.45, 7) is -0.514. The quantitative estimate of drug-likeness (QED) is 0.0582. The summed E-state index contributed by atoms with van der Waals surface area (Å²) >= 11 is 0. The molecule has 0 rings (SSSR count). The minimum atomic E-state index is -1.48. The fraction of sp³-hybridized carbons (Fsp3) is 0.588. The van der Waals surface area contributed by atoms with Gasteiger partial charge in [-0.05, 0) is 19.3 Å². The van der Waals surface area contributed by atoms with Crippen LogP contribution in [0.1, 0.15) is 32.1 Å². The Morgan fingerprint density at radius 1 is 0.818 bits per heavy atom. The van der Waals surface area contributed by atoms with Crippen LogP contribution in [0.15, 0.2) is 4.99 Å². The molecule has 33 heavy (non-hydrogen) atoms. The van der Waals surface area contributed by atoms with E-state index in [1.165, 1.54) is 0 Å². The largest absolute Gasteiger partial charge is 0.480 e. The van der Waals surface area contributed by atoms with Crippen LogP contribution in [0.3, 0.4) is 0 Å². The molecule has 0 saturated carbocycles. The van der Waals surface area contributed by atoms with Crippen LogP contribution in [-0.2, 0) is 28.8 Å². The van der Waals surface area contributed by atoms with E-state index in [9.17, 15) is 28.8 Å². The first-order chi connectivity index (χ1) is 15.3. The first-order valence-electron chi connectivity index (χ1n) is 9.81. The topological polar surface area (TPSA) is 301 Å². The van der Waals surface area contributed by atoms with Gasteiger partial charge in [-0.15, -0.1) is 0 Å². The van der Waals surface area contributed by atoms with Crippen LogP contribution in [0.25, 0.3) is 0 Å². The molecular weight excluding hydrogens is 442 g/mol. The molecule has 0 heterocycles. The van der Waals surface area contributed by atoms with E-state index in [2.05, 4.69) is 20.9 Å². The zero-order valence-electron chi connectivity index (χ0n) is 17.9. The molecule has 0 aliphatic heterocycles. The van der Waals surface area contributed by atoms with Crippen molar-refractivity contribution in [2.45, 2.75) is 50.2 Å². The second-order valence-electron chi connectivity index (χ2n) is 6.96. The summed E-state index contributed by atoms with van der Waals surface area (Å²) in [4.78, 5) is 74.0. The number of aliphatic imine (C=N–C) groups is 1. The van der Waals surface area contributed by atoms with Gasteiger partial charge in [-0.1, -0.05) is 0 Å². The van der Waals surface area contributed by atoms with Crippen molar-refractivity contribution in [3.8, 4) is 0 Å². The number of aliphatic carboxylic acids is 1. The summed E-state index contributed by atoms with van der Waals surface area (Å²) in [6.07, 6.45) is -0.658. The molecule has 0 aromatic heterocycles. The predicted octanol–water partition coefficient (Wildman–Crippen LogP) is -5.32. The maximum atomic E-state index is 12.6. The van der Waals surface area contributed by atoms with E-state index >= 15 is 0 Å². The second-order valence-corrected chi connectivity index (χ2v) is 6.96. The smallest absolute Gasteiger partial charge is 0.322 e. The fourth-order valence-electron chi connectivity index (χ4n) is 2.45. The number of nitrogens with zero attached hydrogens (tertiary/aromatic N) is 1. The Kier molecular flexibility index (Phi) is 13.2. The average molecular weight is 473 g/mol. The molecule has 3 unspecified atom stereocenters. The van der Waals surface area contributed by atoms with Crippen LogP contribution >= 0.6 is 0 Å². The Morgan fingerprint density at radius 3 is 1.94 bits per heavy atom. The third-order valence-corrected chi connectivity index (χ3v) is 4.07. The molecule has 16 heteroatoms. The van der Waals surface area contributed by atoms with Gasteiger partial charge in [0, 0.05) is 13.0 Å². The molecule has 16 nitrogen and oxygen atoms in total. The first-order valence-corrected chi connectivity index (χ1v) is 9.81. The van der Waals surface area contributed by atoms with Crippen molar-refractivity contribution in [2.24, 2.45) is 33.7 Å². The summed E-state index contributed by atoms with van der Waals surface area (Å²) in [5.74, 6) is -5.82. The van der Waals surface area contributed by atoms with Crippen molar-refractivity contribution in [3.05, 3.63) is 0 Å². The number of carboxylic acid groups (broad SMARTS) is 1. The Labute approximate surface area is 189 Å². The molecule has 0 aliphatic carbocycles. The number of hydrogen-bond donors (Lipinski definition) is 9. The molecule has 5 amide bonds. The van der Waals surface area contributed by atoms with Crippen molar-refractivity contribution in [1.29, 1.82) is 0 Å². The monoisotopic (exact) mass is 473 g/mol. The lowest BCUT2D eigenvalue weighted by molar-refractivity contribution is -0.139. The lowest BCUT2D eigenvalue weighted by atomic mass is 10.1. The van der Waals surface area contributed by atoms with E-state index < -0.39 is 66.6 Å². The Hall–Kier alpha value is -3.95. The summed E-state index contributed by atoms with van der Waals surface area (Å²) in [5, 5.41) is 15.3. The molecule has 0 saturated heterocycles. The van der Waals surface area contributed by atoms with Crippen molar-refractivity contribution < 1.29 is 33.9 Å². The minimum Gasteiger partial charge on any atom is -0.480 e. The average Bonchev–Trinajstić information content (AvgIpc) is 2.70. The maximum Gasteiger partial charge on any atom is 0.322 e. The fourth-order valence-corrected chi connectivity index (χ4v) is 2.45. The van der Waals surface area contributed by atoms with Gasteiger partial charge in [0.25, 0.3) is 0 Å². The second kappa shape index (κ2) is 15.0. The summed E-state index contributed by atoms with van der Waals surface area (Å²) < 4.78 is 0. The lowest BCUT2D eigenvalue weighted by Crippen LogP contribution is -2.57. The predicted molar refractivity (Wildman–Crippen MR) is 115 cm³/mol. The summed E-state index contributed by atoms with van der Waals surface area (Å²) in [5.41, 5.74) is 26.3. The van der Waals surface area contributed by atoms with E-state index in [1.807, 2.05) is 0 Å². The molecule has 0 radical (unpaired) electrons. The van der Waals surface area contributed by atoms with Gasteiger partial charge in [-0.3, -0.25) is 33.8 Å². The van der Waals surface area contributed by atoms with E-state index in [0.29, 0.717) is 6.42 Å². The van der Waals surface area contributed by atoms with E-state index in [1.54, 1.807) is 0 Å². The molecule has 0 aliphatic rings. The number of carbonyl (C=O) groups is 6. The first kappa shape index (κ1) is 29.0. The zero-order chi connectivity index (χ0) is 25.6. The molecule has 0 aromatic carbocycles. The van der Waals surface area contributed by atoms with E-state index in [0.717, 1.165) is 0 Å². The molecule has 0 fully saturated rings. The standard InChI is InChI=1S/C17H31N9O7/c18-8(2-1-5-23-17(21)22)14(31)26-10(6-12(20)28)16(33)25-9(3-4-11(19)27)15(32)24-7-13(29)30/h8-10H,1-7,18H2,(H2,19,27)(H2,20,28)(H,24,32)(H,25,33)(H,26,31)(H,29,30)(H4,21,22,23). The summed E-state index contributed by atoms with van der Waals surface area (Å²) in [6, 6.07) is -3.92. The highest BCUT2D eigenvalue weighted by Gasteiger charge is 2.29. The van der Waals surface area contributed by atoms with Crippen LogP contribution < -0.4 is 44.6 Å². The molecule has 0 bridgehead atoms.